The van der Waals surface area contributed by atoms with Crippen LogP contribution in [-0.4, -0.2) is 17.8 Å². The van der Waals surface area contributed by atoms with Crippen LogP contribution in [0.3, 0.4) is 0 Å². The number of nitrogens with one attached hydrogen (secondary N) is 1. The minimum atomic E-state index is -0.782. The van der Waals surface area contributed by atoms with E-state index in [1.807, 2.05) is 44.2 Å². The number of ether oxygens (including phenoxy) is 1. The summed E-state index contributed by atoms with van der Waals surface area (Å²) in [6, 6.07) is 17.2. The van der Waals surface area contributed by atoms with Crippen molar-refractivity contribution in [2.45, 2.75) is 20.5 Å². The number of hydrogen-bond donors (Lipinski definition) is 1. The van der Waals surface area contributed by atoms with Crippen LogP contribution >= 0.6 is 27.5 Å². The van der Waals surface area contributed by atoms with Crippen LogP contribution in [0.15, 0.2) is 70.7 Å². The summed E-state index contributed by atoms with van der Waals surface area (Å²) in [5, 5.41) is 2.57. The quantitative estimate of drug-likeness (QED) is 0.320. The zero-order valence-corrected chi connectivity index (χ0v) is 20.7. The average Bonchev–Trinajstić information content (AvgIpc) is 2.80. The van der Waals surface area contributed by atoms with Gasteiger partial charge in [-0.05, 0) is 72.5 Å². The van der Waals surface area contributed by atoms with Crippen LogP contribution in [0.25, 0.3) is 6.08 Å². The summed E-state index contributed by atoms with van der Waals surface area (Å²) in [7, 11) is 0. The molecule has 3 aromatic rings. The van der Waals surface area contributed by atoms with E-state index in [9.17, 15) is 14.4 Å². The predicted octanol–water partition coefficient (Wildman–Crippen LogP) is 5.96. The van der Waals surface area contributed by atoms with Gasteiger partial charge in [-0.1, -0.05) is 57.9 Å². The van der Waals surface area contributed by atoms with Gasteiger partial charge < -0.3 is 4.74 Å². The lowest BCUT2D eigenvalue weighted by atomic mass is 10.0. The first-order valence-corrected chi connectivity index (χ1v) is 11.6. The molecular formula is C26H20BrClN2O4. The van der Waals surface area contributed by atoms with Crippen molar-refractivity contribution in [2.24, 2.45) is 0 Å². The SMILES string of the molecule is Cc1cccc(N2C(=O)NC(=O)/C(=C\c3ccc(OCc4ccc(Br)cc4)c(Cl)c3)C2=O)c1C. The molecule has 1 aliphatic heterocycles. The second-order valence-corrected chi connectivity index (χ2v) is 9.10. The highest BCUT2D eigenvalue weighted by Crippen LogP contribution is 2.30. The van der Waals surface area contributed by atoms with Gasteiger partial charge in [0, 0.05) is 4.47 Å². The lowest BCUT2D eigenvalue weighted by Crippen LogP contribution is -2.54. The van der Waals surface area contributed by atoms with Gasteiger partial charge >= 0.3 is 6.03 Å². The Morgan fingerprint density at radius 1 is 1.03 bits per heavy atom. The van der Waals surface area contributed by atoms with E-state index in [4.69, 9.17) is 16.3 Å². The Hall–Kier alpha value is -3.42. The fourth-order valence-electron chi connectivity index (χ4n) is 3.49. The summed E-state index contributed by atoms with van der Waals surface area (Å²) < 4.78 is 6.77. The van der Waals surface area contributed by atoms with Crippen molar-refractivity contribution >= 4 is 57.1 Å². The van der Waals surface area contributed by atoms with Gasteiger partial charge in [-0.2, -0.15) is 0 Å². The van der Waals surface area contributed by atoms with Crippen molar-refractivity contribution in [3.8, 4) is 5.75 Å². The van der Waals surface area contributed by atoms with Crippen molar-refractivity contribution in [2.75, 3.05) is 4.90 Å². The average molecular weight is 540 g/mol. The van der Waals surface area contributed by atoms with E-state index >= 15 is 0 Å². The van der Waals surface area contributed by atoms with Gasteiger partial charge in [0.2, 0.25) is 0 Å². The maximum absolute atomic E-state index is 13.2. The molecule has 1 heterocycles. The molecule has 172 valence electrons. The Balaban J connectivity index is 1.58. The molecule has 0 saturated carbocycles. The van der Waals surface area contributed by atoms with E-state index in [1.165, 1.54) is 6.08 Å². The van der Waals surface area contributed by atoms with Crippen molar-refractivity contribution < 1.29 is 19.1 Å². The Kier molecular flexibility index (Phi) is 6.86. The lowest BCUT2D eigenvalue weighted by Gasteiger charge is -2.28. The number of carbonyl (C=O) groups is 3. The Labute approximate surface area is 210 Å². The standard InChI is InChI=1S/C26H20BrClN2O4/c1-15-4-3-5-22(16(15)2)30-25(32)20(24(31)29-26(30)33)12-18-8-11-23(21(28)13-18)34-14-17-6-9-19(27)10-7-17/h3-13H,14H2,1-2H3,(H,29,31,33)/b20-12+. The maximum atomic E-state index is 13.2. The first-order chi connectivity index (χ1) is 16.2. The number of anilines is 1. The number of nitrogens with zero attached hydrogens (tertiary/aromatic N) is 1. The zero-order chi connectivity index (χ0) is 24.4. The van der Waals surface area contributed by atoms with Crippen LogP contribution in [0.5, 0.6) is 5.75 Å². The summed E-state index contributed by atoms with van der Waals surface area (Å²) in [4.78, 5) is 39.1. The molecule has 0 aliphatic carbocycles. The normalized spacial score (nSPS) is 15.0. The first-order valence-electron chi connectivity index (χ1n) is 10.4. The van der Waals surface area contributed by atoms with Gasteiger partial charge in [-0.3, -0.25) is 14.9 Å². The molecule has 0 atom stereocenters. The lowest BCUT2D eigenvalue weighted by molar-refractivity contribution is -0.122. The van der Waals surface area contributed by atoms with Gasteiger partial charge in [0.15, 0.2) is 0 Å². The Morgan fingerprint density at radius 2 is 1.76 bits per heavy atom. The van der Waals surface area contributed by atoms with E-state index in [0.29, 0.717) is 28.6 Å². The summed E-state index contributed by atoms with van der Waals surface area (Å²) in [5.41, 5.74) is 3.46. The number of barbiturate groups is 1. The van der Waals surface area contributed by atoms with Crippen LogP contribution in [0.4, 0.5) is 10.5 Å². The predicted molar refractivity (Wildman–Crippen MR) is 135 cm³/mol. The second kappa shape index (κ2) is 9.83. The monoisotopic (exact) mass is 538 g/mol. The molecule has 0 unspecified atom stereocenters. The third-order valence-corrected chi connectivity index (χ3v) is 6.32. The van der Waals surface area contributed by atoms with Crippen molar-refractivity contribution in [3.05, 3.63) is 98.0 Å². The molecule has 34 heavy (non-hydrogen) atoms. The van der Waals surface area contributed by atoms with Gasteiger partial charge in [0.05, 0.1) is 10.7 Å². The molecule has 3 aromatic carbocycles. The van der Waals surface area contributed by atoms with E-state index in [0.717, 1.165) is 26.1 Å². The van der Waals surface area contributed by atoms with Crippen LogP contribution in [0, 0.1) is 13.8 Å². The molecule has 1 aliphatic rings. The number of rotatable bonds is 5. The minimum Gasteiger partial charge on any atom is -0.487 e. The molecule has 8 heteroatoms. The summed E-state index contributed by atoms with van der Waals surface area (Å²) >= 11 is 9.78. The molecular weight excluding hydrogens is 520 g/mol. The highest BCUT2D eigenvalue weighted by Gasteiger charge is 2.37. The third kappa shape index (κ3) is 4.90. The van der Waals surface area contributed by atoms with E-state index in [-0.39, 0.29) is 5.57 Å². The Bertz CT molecular complexity index is 1340. The first kappa shape index (κ1) is 23.7. The minimum absolute atomic E-state index is 0.167. The number of imide groups is 2. The van der Waals surface area contributed by atoms with Crippen molar-refractivity contribution in [3.63, 3.8) is 0 Å². The molecule has 4 amide bonds. The topological polar surface area (TPSA) is 75.7 Å². The zero-order valence-electron chi connectivity index (χ0n) is 18.4. The van der Waals surface area contributed by atoms with E-state index in [2.05, 4.69) is 21.2 Å². The van der Waals surface area contributed by atoms with Crippen LogP contribution in [0.2, 0.25) is 5.02 Å². The van der Waals surface area contributed by atoms with Gasteiger partial charge in [0.25, 0.3) is 11.8 Å². The number of benzene rings is 3. The number of carbonyl (C=O) groups excluding carboxylic acids is 3. The fourth-order valence-corrected chi connectivity index (χ4v) is 3.99. The van der Waals surface area contributed by atoms with Crippen molar-refractivity contribution in [1.29, 1.82) is 0 Å². The molecule has 1 saturated heterocycles. The molecule has 0 aromatic heterocycles. The third-order valence-electron chi connectivity index (χ3n) is 5.49. The summed E-state index contributed by atoms with van der Waals surface area (Å²) in [5.74, 6) is -0.990. The fraction of sp³-hybridized carbons (Fsp3) is 0.115. The smallest absolute Gasteiger partial charge is 0.335 e. The Morgan fingerprint density at radius 3 is 2.47 bits per heavy atom. The van der Waals surface area contributed by atoms with Crippen LogP contribution in [-0.2, 0) is 16.2 Å². The van der Waals surface area contributed by atoms with Crippen molar-refractivity contribution in [1.82, 2.24) is 5.32 Å². The molecule has 1 N–H and O–H groups in total. The molecule has 6 nitrogen and oxygen atoms in total. The molecule has 4 rings (SSSR count). The summed E-state index contributed by atoms with van der Waals surface area (Å²) in [6.45, 7) is 4.04. The largest absolute Gasteiger partial charge is 0.487 e. The highest BCUT2D eigenvalue weighted by atomic mass is 79.9. The number of halogens is 2. The highest BCUT2D eigenvalue weighted by molar-refractivity contribution is 9.10. The number of hydrogen-bond acceptors (Lipinski definition) is 4. The number of aryl methyl sites for hydroxylation is 1. The second-order valence-electron chi connectivity index (χ2n) is 7.78. The maximum Gasteiger partial charge on any atom is 0.335 e. The van der Waals surface area contributed by atoms with Crippen LogP contribution in [0.1, 0.15) is 22.3 Å². The van der Waals surface area contributed by atoms with Crippen LogP contribution < -0.4 is 15.0 Å². The van der Waals surface area contributed by atoms with Gasteiger partial charge in [0.1, 0.15) is 17.9 Å². The number of urea groups is 1. The number of amides is 4. The van der Waals surface area contributed by atoms with E-state index in [1.54, 1.807) is 30.3 Å². The molecule has 0 radical (unpaired) electrons. The van der Waals surface area contributed by atoms with Gasteiger partial charge in [-0.15, -0.1) is 0 Å². The molecule has 0 spiro atoms. The van der Waals surface area contributed by atoms with Gasteiger partial charge in [-0.25, -0.2) is 9.69 Å². The molecule has 0 bridgehead atoms. The molecule has 1 fully saturated rings. The summed E-state index contributed by atoms with van der Waals surface area (Å²) in [6.07, 6.45) is 1.41. The van der Waals surface area contributed by atoms with E-state index < -0.39 is 17.8 Å².